The van der Waals surface area contributed by atoms with Crippen molar-refractivity contribution < 1.29 is 9.59 Å². The Balaban J connectivity index is 1.54. The van der Waals surface area contributed by atoms with Gasteiger partial charge >= 0.3 is 0 Å². The number of fused-ring (bicyclic) bond motifs is 1. The van der Waals surface area contributed by atoms with Crippen LogP contribution in [-0.2, 0) is 0 Å². The van der Waals surface area contributed by atoms with E-state index in [2.05, 4.69) is 20.2 Å². The van der Waals surface area contributed by atoms with E-state index >= 15 is 0 Å². The summed E-state index contributed by atoms with van der Waals surface area (Å²) in [5.74, 6) is -0.513. The number of para-hydroxylation sites is 1. The van der Waals surface area contributed by atoms with E-state index in [1.165, 1.54) is 0 Å². The highest BCUT2D eigenvalue weighted by Crippen LogP contribution is 2.21. The molecule has 0 saturated carbocycles. The maximum atomic E-state index is 12.7. The Kier molecular flexibility index (Phi) is 4.99. The fourth-order valence-electron chi connectivity index (χ4n) is 3.24. The number of benzene rings is 1. The number of nitrogens with one attached hydrogen (secondary N) is 1. The third kappa shape index (κ3) is 3.70. The molecule has 0 spiro atoms. The van der Waals surface area contributed by atoms with Crippen LogP contribution in [0.1, 0.15) is 21.0 Å². The van der Waals surface area contributed by atoms with Crippen molar-refractivity contribution >= 4 is 28.4 Å². The van der Waals surface area contributed by atoms with Crippen molar-refractivity contribution in [1.82, 2.24) is 19.8 Å². The van der Waals surface area contributed by atoms with Crippen molar-refractivity contribution in [3.05, 3.63) is 66.1 Å². The van der Waals surface area contributed by atoms with Gasteiger partial charge in [0, 0.05) is 37.8 Å². The summed E-state index contributed by atoms with van der Waals surface area (Å²) in [5, 5.41) is 3.79. The molecule has 0 unspecified atom stereocenters. The SMILES string of the molecule is CN1CCN(C(=O)c2cccc(C(=O)Nc3cccc4cccnc34)n2)CC1. The van der Waals surface area contributed by atoms with Gasteiger partial charge in [-0.25, -0.2) is 4.98 Å². The van der Waals surface area contributed by atoms with E-state index < -0.39 is 0 Å². The first-order chi connectivity index (χ1) is 13.6. The molecule has 142 valence electrons. The Bertz CT molecular complexity index is 1020. The van der Waals surface area contributed by atoms with Gasteiger partial charge in [-0.2, -0.15) is 0 Å². The molecule has 28 heavy (non-hydrogen) atoms. The molecule has 0 radical (unpaired) electrons. The summed E-state index contributed by atoms with van der Waals surface area (Å²) in [6.45, 7) is 2.99. The summed E-state index contributed by atoms with van der Waals surface area (Å²) in [6.07, 6.45) is 1.69. The Morgan fingerprint density at radius 2 is 1.64 bits per heavy atom. The minimum atomic E-state index is -0.369. The van der Waals surface area contributed by atoms with Gasteiger partial charge in [0.05, 0.1) is 11.2 Å². The van der Waals surface area contributed by atoms with Crippen LogP contribution in [0.5, 0.6) is 0 Å². The van der Waals surface area contributed by atoms with Crippen molar-refractivity contribution in [3.63, 3.8) is 0 Å². The summed E-state index contributed by atoms with van der Waals surface area (Å²) < 4.78 is 0. The predicted octanol–water partition coefficient (Wildman–Crippen LogP) is 2.27. The molecule has 3 aromatic rings. The van der Waals surface area contributed by atoms with E-state index in [1.807, 2.05) is 31.3 Å². The first-order valence-corrected chi connectivity index (χ1v) is 9.22. The molecule has 1 aliphatic rings. The number of hydrogen-bond acceptors (Lipinski definition) is 5. The molecule has 2 amide bonds. The number of hydrogen-bond donors (Lipinski definition) is 1. The lowest BCUT2D eigenvalue weighted by atomic mass is 10.2. The first kappa shape index (κ1) is 18.1. The Morgan fingerprint density at radius 1 is 0.929 bits per heavy atom. The van der Waals surface area contributed by atoms with Gasteiger partial charge in [-0.05, 0) is 31.3 Å². The smallest absolute Gasteiger partial charge is 0.274 e. The topological polar surface area (TPSA) is 78.4 Å². The molecule has 1 N–H and O–H groups in total. The van der Waals surface area contributed by atoms with E-state index in [1.54, 1.807) is 35.4 Å². The molecule has 0 bridgehead atoms. The van der Waals surface area contributed by atoms with Crippen LogP contribution in [-0.4, -0.2) is 64.8 Å². The van der Waals surface area contributed by atoms with Gasteiger partial charge in [-0.3, -0.25) is 14.6 Å². The maximum absolute atomic E-state index is 12.7. The van der Waals surface area contributed by atoms with Crippen molar-refractivity contribution in [2.45, 2.75) is 0 Å². The molecule has 7 heteroatoms. The van der Waals surface area contributed by atoms with Crippen molar-refractivity contribution in [2.24, 2.45) is 0 Å². The van der Waals surface area contributed by atoms with E-state index in [4.69, 9.17) is 0 Å². The largest absolute Gasteiger partial charge is 0.335 e. The zero-order chi connectivity index (χ0) is 19.5. The highest BCUT2D eigenvalue weighted by Gasteiger charge is 2.22. The highest BCUT2D eigenvalue weighted by atomic mass is 16.2. The van der Waals surface area contributed by atoms with Gasteiger partial charge in [-0.1, -0.05) is 24.3 Å². The number of rotatable bonds is 3. The highest BCUT2D eigenvalue weighted by molar-refractivity contribution is 6.07. The molecule has 1 fully saturated rings. The molecule has 3 heterocycles. The van der Waals surface area contributed by atoms with Crippen LogP contribution >= 0.6 is 0 Å². The lowest BCUT2D eigenvalue weighted by molar-refractivity contribution is 0.0658. The Morgan fingerprint density at radius 3 is 2.46 bits per heavy atom. The maximum Gasteiger partial charge on any atom is 0.274 e. The lowest BCUT2D eigenvalue weighted by Crippen LogP contribution is -2.47. The van der Waals surface area contributed by atoms with Crippen LogP contribution in [0.2, 0.25) is 0 Å². The predicted molar refractivity (Wildman–Crippen MR) is 107 cm³/mol. The average molecular weight is 375 g/mol. The fourth-order valence-corrected chi connectivity index (χ4v) is 3.24. The van der Waals surface area contributed by atoms with E-state index in [9.17, 15) is 9.59 Å². The first-order valence-electron chi connectivity index (χ1n) is 9.22. The third-order valence-electron chi connectivity index (χ3n) is 4.87. The van der Waals surface area contributed by atoms with Crippen LogP contribution in [0.4, 0.5) is 5.69 Å². The third-order valence-corrected chi connectivity index (χ3v) is 4.87. The molecule has 1 aromatic carbocycles. The number of nitrogens with zero attached hydrogens (tertiary/aromatic N) is 4. The standard InChI is InChI=1S/C21H21N5O2/c1-25-11-13-26(14-12-25)21(28)18-9-3-8-17(23-18)20(27)24-16-7-2-5-15-6-4-10-22-19(15)16/h2-10H,11-14H2,1H3,(H,24,27). The number of anilines is 1. The second-order valence-corrected chi connectivity index (χ2v) is 6.84. The minimum absolute atomic E-state index is 0.144. The van der Waals surface area contributed by atoms with E-state index in [0.717, 1.165) is 18.5 Å². The van der Waals surface area contributed by atoms with Gasteiger partial charge < -0.3 is 15.1 Å². The van der Waals surface area contributed by atoms with Gasteiger partial charge in [0.2, 0.25) is 0 Å². The fraction of sp³-hybridized carbons (Fsp3) is 0.238. The van der Waals surface area contributed by atoms with E-state index in [-0.39, 0.29) is 23.2 Å². The molecule has 0 atom stereocenters. The molecule has 2 aromatic heterocycles. The molecular weight excluding hydrogens is 354 g/mol. The summed E-state index contributed by atoms with van der Waals surface area (Å²) in [4.78, 5) is 38.0. The number of carbonyl (C=O) groups is 2. The number of likely N-dealkylation sites (N-methyl/N-ethyl adjacent to an activating group) is 1. The summed E-state index contributed by atoms with van der Waals surface area (Å²) in [6, 6.07) is 14.3. The van der Waals surface area contributed by atoms with Gasteiger partial charge in [-0.15, -0.1) is 0 Å². The number of amides is 2. The molecule has 7 nitrogen and oxygen atoms in total. The number of aromatic nitrogens is 2. The van der Waals surface area contributed by atoms with Crippen LogP contribution in [0.15, 0.2) is 54.7 Å². The van der Waals surface area contributed by atoms with Crippen LogP contribution in [0.3, 0.4) is 0 Å². The van der Waals surface area contributed by atoms with Crippen molar-refractivity contribution in [1.29, 1.82) is 0 Å². The van der Waals surface area contributed by atoms with E-state index in [0.29, 0.717) is 24.3 Å². The summed E-state index contributed by atoms with van der Waals surface area (Å²) in [5.41, 5.74) is 1.81. The molecule has 0 aliphatic carbocycles. The van der Waals surface area contributed by atoms with Crippen molar-refractivity contribution in [2.75, 3.05) is 38.5 Å². The van der Waals surface area contributed by atoms with Gasteiger partial charge in [0.15, 0.2) is 0 Å². The second-order valence-electron chi connectivity index (χ2n) is 6.84. The van der Waals surface area contributed by atoms with Crippen molar-refractivity contribution in [3.8, 4) is 0 Å². The average Bonchev–Trinajstić information content (AvgIpc) is 2.74. The number of piperazine rings is 1. The van der Waals surface area contributed by atoms with Crippen LogP contribution in [0.25, 0.3) is 10.9 Å². The Hall–Kier alpha value is -3.32. The summed E-state index contributed by atoms with van der Waals surface area (Å²) >= 11 is 0. The number of carbonyl (C=O) groups excluding carboxylic acids is 2. The molecule has 1 saturated heterocycles. The molecule has 4 rings (SSSR count). The lowest BCUT2D eigenvalue weighted by Gasteiger charge is -2.32. The molecule has 1 aliphatic heterocycles. The number of pyridine rings is 2. The van der Waals surface area contributed by atoms with Gasteiger partial charge in [0.25, 0.3) is 11.8 Å². The zero-order valence-electron chi connectivity index (χ0n) is 15.6. The minimum Gasteiger partial charge on any atom is -0.335 e. The Labute approximate surface area is 163 Å². The molecular formula is C21H21N5O2. The van der Waals surface area contributed by atoms with Crippen LogP contribution < -0.4 is 5.32 Å². The van der Waals surface area contributed by atoms with Gasteiger partial charge in [0.1, 0.15) is 11.4 Å². The monoisotopic (exact) mass is 375 g/mol. The second kappa shape index (κ2) is 7.74. The summed E-state index contributed by atoms with van der Waals surface area (Å²) in [7, 11) is 2.03. The quantitative estimate of drug-likeness (QED) is 0.760. The normalized spacial score (nSPS) is 14.8. The zero-order valence-corrected chi connectivity index (χ0v) is 15.6. The van der Waals surface area contributed by atoms with Crippen LogP contribution in [0, 0.1) is 0 Å².